The quantitative estimate of drug-likeness (QED) is 0.568. The van der Waals surface area contributed by atoms with E-state index < -0.39 is 5.97 Å². The monoisotopic (exact) mass is 269 g/mol. The van der Waals surface area contributed by atoms with Crippen molar-refractivity contribution in [2.75, 3.05) is 13.2 Å². The molecule has 0 N–H and O–H groups in total. The Balaban J connectivity index is 2.45. The predicted molar refractivity (Wildman–Crippen MR) is 71.7 cm³/mol. The van der Waals surface area contributed by atoms with Gasteiger partial charge >= 0.3 is 12.1 Å². The smallest absolute Gasteiger partial charge is 0.410 e. The molecule has 1 aliphatic rings. The Hall–Kier alpha value is -1.52. The second-order valence-electron chi connectivity index (χ2n) is 4.94. The Kier molecular flexibility index (Phi) is 6.39. The highest BCUT2D eigenvalue weighted by atomic mass is 16.6. The highest BCUT2D eigenvalue weighted by Gasteiger charge is 2.28. The topological polar surface area (TPSA) is 55.8 Å². The molecule has 1 unspecified atom stereocenters. The minimum absolute atomic E-state index is 0.0950. The summed E-state index contributed by atoms with van der Waals surface area (Å²) in [5.74, 6) is -0.424. The summed E-state index contributed by atoms with van der Waals surface area (Å²) in [5, 5.41) is 0. The molecular formula is C14H23NO4. The van der Waals surface area contributed by atoms with Crippen LogP contribution in [0.4, 0.5) is 4.79 Å². The molecule has 5 heteroatoms. The van der Waals surface area contributed by atoms with E-state index >= 15 is 0 Å². The molecule has 5 nitrogen and oxygen atoms in total. The minimum atomic E-state index is -0.424. The molecule has 108 valence electrons. The molecule has 1 heterocycles. The number of hydrogen-bond acceptors (Lipinski definition) is 4. The maximum atomic E-state index is 12.0. The van der Waals surface area contributed by atoms with Crippen LogP contribution < -0.4 is 0 Å². The zero-order chi connectivity index (χ0) is 14.3. The fourth-order valence-corrected chi connectivity index (χ4v) is 2.16. The van der Waals surface area contributed by atoms with Gasteiger partial charge in [-0.05, 0) is 33.1 Å². The van der Waals surface area contributed by atoms with E-state index in [1.807, 2.05) is 13.8 Å². The average Bonchev–Trinajstić information content (AvgIpc) is 2.38. The lowest BCUT2D eigenvalue weighted by Crippen LogP contribution is -2.45. The third kappa shape index (κ3) is 5.32. The van der Waals surface area contributed by atoms with Gasteiger partial charge in [-0.1, -0.05) is 6.58 Å². The van der Waals surface area contributed by atoms with Gasteiger partial charge in [0.15, 0.2) is 0 Å². The van der Waals surface area contributed by atoms with E-state index in [9.17, 15) is 9.59 Å². The molecule has 1 amide bonds. The Morgan fingerprint density at radius 2 is 2.16 bits per heavy atom. The molecule has 0 aromatic heterocycles. The van der Waals surface area contributed by atoms with Crippen molar-refractivity contribution in [3.63, 3.8) is 0 Å². The van der Waals surface area contributed by atoms with Gasteiger partial charge in [-0.25, -0.2) is 9.59 Å². The van der Waals surface area contributed by atoms with Crippen LogP contribution in [0.1, 0.15) is 39.5 Å². The van der Waals surface area contributed by atoms with Crippen molar-refractivity contribution >= 4 is 12.1 Å². The molecule has 0 aliphatic carbocycles. The van der Waals surface area contributed by atoms with Crippen molar-refractivity contribution < 1.29 is 19.1 Å². The number of carbonyl (C=O) groups excluding carboxylic acids is 2. The van der Waals surface area contributed by atoms with Gasteiger partial charge < -0.3 is 14.4 Å². The first kappa shape index (κ1) is 15.5. The molecule has 1 saturated heterocycles. The first-order valence-electron chi connectivity index (χ1n) is 6.81. The Bertz CT molecular complexity index is 327. The van der Waals surface area contributed by atoms with Crippen LogP contribution in [0.15, 0.2) is 12.7 Å². The van der Waals surface area contributed by atoms with Gasteiger partial charge in [0, 0.05) is 25.1 Å². The Morgan fingerprint density at radius 1 is 1.42 bits per heavy atom. The zero-order valence-corrected chi connectivity index (χ0v) is 11.8. The lowest BCUT2D eigenvalue weighted by atomic mass is 10.0. The van der Waals surface area contributed by atoms with E-state index in [0.717, 1.165) is 25.3 Å². The second kappa shape index (κ2) is 7.81. The number of piperidine rings is 1. The third-order valence-corrected chi connectivity index (χ3v) is 3.06. The number of rotatable bonds is 5. The van der Waals surface area contributed by atoms with Gasteiger partial charge in [-0.3, -0.25) is 0 Å². The number of esters is 1. The van der Waals surface area contributed by atoms with Crippen molar-refractivity contribution in [2.45, 2.75) is 51.7 Å². The van der Waals surface area contributed by atoms with Crippen LogP contribution >= 0.6 is 0 Å². The molecule has 0 radical (unpaired) electrons. The fraction of sp³-hybridized carbons (Fsp3) is 0.714. The zero-order valence-electron chi connectivity index (χ0n) is 11.8. The minimum Gasteiger partial charge on any atom is -0.462 e. The molecule has 1 rings (SSSR count). The second-order valence-corrected chi connectivity index (χ2v) is 4.94. The molecule has 0 bridgehead atoms. The number of amides is 1. The Labute approximate surface area is 114 Å². The number of carbonyl (C=O) groups is 2. The molecule has 1 fully saturated rings. The summed E-state index contributed by atoms with van der Waals surface area (Å²) >= 11 is 0. The van der Waals surface area contributed by atoms with E-state index in [0.29, 0.717) is 19.6 Å². The Morgan fingerprint density at radius 3 is 2.79 bits per heavy atom. The van der Waals surface area contributed by atoms with Gasteiger partial charge in [-0.15, -0.1) is 0 Å². The van der Waals surface area contributed by atoms with E-state index in [4.69, 9.17) is 9.47 Å². The maximum Gasteiger partial charge on any atom is 0.410 e. The fourth-order valence-electron chi connectivity index (χ4n) is 2.16. The van der Waals surface area contributed by atoms with Crippen molar-refractivity contribution in [1.82, 2.24) is 4.90 Å². The summed E-state index contributed by atoms with van der Waals surface area (Å²) in [6.07, 6.45) is 4.42. The van der Waals surface area contributed by atoms with Crippen LogP contribution in [0.2, 0.25) is 0 Å². The lowest BCUT2D eigenvalue weighted by molar-refractivity contribution is -0.138. The normalized spacial score (nSPS) is 19.1. The molecular weight excluding hydrogens is 246 g/mol. The van der Waals surface area contributed by atoms with Gasteiger partial charge in [0.05, 0.1) is 12.7 Å². The van der Waals surface area contributed by atoms with Crippen LogP contribution in [0.3, 0.4) is 0 Å². The molecule has 0 spiro atoms. The van der Waals surface area contributed by atoms with Crippen LogP contribution in [-0.4, -0.2) is 42.3 Å². The van der Waals surface area contributed by atoms with Crippen molar-refractivity contribution in [2.24, 2.45) is 0 Å². The van der Waals surface area contributed by atoms with Gasteiger partial charge in [0.2, 0.25) is 0 Å². The van der Waals surface area contributed by atoms with E-state index in [1.165, 1.54) is 0 Å². The first-order chi connectivity index (χ1) is 9.04. The van der Waals surface area contributed by atoms with Crippen LogP contribution in [0, 0.1) is 0 Å². The summed E-state index contributed by atoms with van der Waals surface area (Å²) in [4.78, 5) is 24.7. The van der Waals surface area contributed by atoms with Crippen molar-refractivity contribution in [3.8, 4) is 0 Å². The lowest BCUT2D eigenvalue weighted by Gasteiger charge is -2.35. The predicted octanol–water partition coefficient (Wildman–Crippen LogP) is 2.51. The molecule has 0 aromatic rings. The average molecular weight is 269 g/mol. The molecule has 0 saturated carbocycles. The summed E-state index contributed by atoms with van der Waals surface area (Å²) in [7, 11) is 0. The van der Waals surface area contributed by atoms with E-state index in [2.05, 4.69) is 6.58 Å². The molecule has 1 atom stereocenters. The largest absolute Gasteiger partial charge is 0.462 e. The van der Waals surface area contributed by atoms with Crippen LogP contribution in [0.25, 0.3) is 0 Å². The molecule has 19 heavy (non-hydrogen) atoms. The highest BCUT2D eigenvalue weighted by Crippen LogP contribution is 2.21. The third-order valence-electron chi connectivity index (χ3n) is 3.06. The van der Waals surface area contributed by atoms with E-state index in [-0.39, 0.29) is 18.2 Å². The number of nitrogens with zero attached hydrogens (tertiary/aromatic N) is 1. The molecule has 1 aliphatic heterocycles. The van der Waals surface area contributed by atoms with Crippen molar-refractivity contribution in [1.29, 1.82) is 0 Å². The van der Waals surface area contributed by atoms with Crippen LogP contribution in [0.5, 0.6) is 0 Å². The van der Waals surface area contributed by atoms with Gasteiger partial charge in [0.1, 0.15) is 0 Å². The standard InChI is InChI=1S/C14H23NO4/c1-4-13(16)18-10-8-12-7-5-6-9-15(12)14(17)19-11(2)3/h4,11-12H,1,5-10H2,2-3H3. The SMILES string of the molecule is C=CC(=O)OCCC1CCCCN1C(=O)OC(C)C. The maximum absolute atomic E-state index is 12.0. The van der Waals surface area contributed by atoms with Crippen molar-refractivity contribution in [3.05, 3.63) is 12.7 Å². The summed E-state index contributed by atoms with van der Waals surface area (Å²) in [6.45, 7) is 8.04. The van der Waals surface area contributed by atoms with Gasteiger partial charge in [0.25, 0.3) is 0 Å². The number of hydrogen-bond donors (Lipinski definition) is 0. The first-order valence-corrected chi connectivity index (χ1v) is 6.81. The van der Waals surface area contributed by atoms with Crippen LogP contribution in [-0.2, 0) is 14.3 Å². The van der Waals surface area contributed by atoms with Gasteiger partial charge in [-0.2, -0.15) is 0 Å². The summed E-state index contributed by atoms with van der Waals surface area (Å²) in [5.41, 5.74) is 0. The molecule has 0 aromatic carbocycles. The highest BCUT2D eigenvalue weighted by molar-refractivity contribution is 5.81. The summed E-state index contributed by atoms with van der Waals surface area (Å²) in [6, 6.07) is 0.0950. The van der Waals surface area contributed by atoms with E-state index in [1.54, 1.807) is 4.90 Å². The number of ether oxygens (including phenoxy) is 2. The number of likely N-dealkylation sites (tertiary alicyclic amines) is 1. The summed E-state index contributed by atoms with van der Waals surface area (Å²) < 4.78 is 10.2.